The first kappa shape index (κ1) is 8.06. The Labute approximate surface area is 64.2 Å². The van der Waals surface area contributed by atoms with Crippen LogP contribution in [0.3, 0.4) is 0 Å². The van der Waals surface area contributed by atoms with Gasteiger partial charge in [0.2, 0.25) is 0 Å². The number of nitrogens with one attached hydrogen (secondary N) is 1. The van der Waals surface area contributed by atoms with E-state index in [0.717, 1.165) is 0 Å². The Balaban J connectivity index is 2.30. The normalized spacial score (nSPS) is 27.0. The fourth-order valence-corrected chi connectivity index (χ4v) is 1.56. The Morgan fingerprint density at radius 3 is 2.50 bits per heavy atom. The van der Waals surface area contributed by atoms with Gasteiger partial charge in [-0.15, -0.1) is 0 Å². The SMILES string of the molecule is CC1(C)CCCCCCN1. The lowest BCUT2D eigenvalue weighted by molar-refractivity contribution is 0.324. The minimum absolute atomic E-state index is 0.403. The van der Waals surface area contributed by atoms with Crippen molar-refractivity contribution >= 4 is 0 Å². The van der Waals surface area contributed by atoms with E-state index in [2.05, 4.69) is 19.2 Å². The summed E-state index contributed by atoms with van der Waals surface area (Å²) in [6.07, 6.45) is 6.96. The zero-order valence-electron chi connectivity index (χ0n) is 7.24. The van der Waals surface area contributed by atoms with E-state index in [1.54, 1.807) is 0 Å². The van der Waals surface area contributed by atoms with Gasteiger partial charge in [-0.2, -0.15) is 0 Å². The van der Waals surface area contributed by atoms with Crippen molar-refractivity contribution < 1.29 is 0 Å². The molecule has 0 aromatic heterocycles. The maximum absolute atomic E-state index is 3.56. The van der Waals surface area contributed by atoms with Crippen molar-refractivity contribution in [2.24, 2.45) is 0 Å². The van der Waals surface area contributed by atoms with Gasteiger partial charge >= 0.3 is 0 Å². The third-order valence-electron chi connectivity index (χ3n) is 2.33. The van der Waals surface area contributed by atoms with Crippen molar-refractivity contribution in [1.29, 1.82) is 0 Å². The number of rotatable bonds is 0. The van der Waals surface area contributed by atoms with E-state index in [0.29, 0.717) is 5.54 Å². The summed E-state index contributed by atoms with van der Waals surface area (Å²) in [7, 11) is 0. The maximum Gasteiger partial charge on any atom is 0.0125 e. The van der Waals surface area contributed by atoms with Crippen LogP contribution in [0.2, 0.25) is 0 Å². The Hall–Kier alpha value is -0.0400. The summed E-state index contributed by atoms with van der Waals surface area (Å²) in [5, 5.41) is 3.56. The van der Waals surface area contributed by atoms with Crippen LogP contribution in [-0.2, 0) is 0 Å². The molecule has 0 aliphatic carbocycles. The van der Waals surface area contributed by atoms with E-state index >= 15 is 0 Å². The molecule has 1 fully saturated rings. The predicted octanol–water partition coefficient (Wildman–Crippen LogP) is 2.32. The highest BCUT2D eigenvalue weighted by atomic mass is 14.9. The molecule has 1 rings (SSSR count). The minimum Gasteiger partial charge on any atom is -0.312 e. The van der Waals surface area contributed by atoms with Crippen molar-refractivity contribution in [2.45, 2.75) is 51.5 Å². The third kappa shape index (κ3) is 2.70. The third-order valence-corrected chi connectivity index (χ3v) is 2.33. The summed E-state index contributed by atoms with van der Waals surface area (Å²) in [5.41, 5.74) is 0.403. The van der Waals surface area contributed by atoms with Gasteiger partial charge in [0.1, 0.15) is 0 Å². The minimum atomic E-state index is 0.403. The Bertz CT molecular complexity index is 86.9. The zero-order chi connectivity index (χ0) is 7.45. The second-order valence-electron chi connectivity index (χ2n) is 3.97. The molecule has 1 heteroatoms. The lowest BCUT2D eigenvalue weighted by atomic mass is 9.94. The van der Waals surface area contributed by atoms with E-state index in [1.165, 1.54) is 38.6 Å². The van der Waals surface area contributed by atoms with Gasteiger partial charge < -0.3 is 5.32 Å². The highest BCUT2D eigenvalue weighted by Gasteiger charge is 2.16. The molecule has 0 unspecified atom stereocenters. The summed E-state index contributed by atoms with van der Waals surface area (Å²) in [6.45, 7) is 5.82. The van der Waals surface area contributed by atoms with Crippen LogP contribution in [0.25, 0.3) is 0 Å². The fourth-order valence-electron chi connectivity index (χ4n) is 1.56. The summed E-state index contributed by atoms with van der Waals surface area (Å²) < 4.78 is 0. The van der Waals surface area contributed by atoms with Crippen LogP contribution in [0.1, 0.15) is 46.0 Å². The van der Waals surface area contributed by atoms with Crippen molar-refractivity contribution in [3.8, 4) is 0 Å². The van der Waals surface area contributed by atoms with Crippen LogP contribution in [-0.4, -0.2) is 12.1 Å². The largest absolute Gasteiger partial charge is 0.312 e. The number of hydrogen-bond acceptors (Lipinski definition) is 1. The molecule has 0 radical (unpaired) electrons. The Morgan fingerprint density at radius 1 is 1.00 bits per heavy atom. The summed E-state index contributed by atoms with van der Waals surface area (Å²) in [6, 6.07) is 0. The molecule has 0 spiro atoms. The zero-order valence-corrected chi connectivity index (χ0v) is 7.24. The maximum atomic E-state index is 3.56. The van der Waals surface area contributed by atoms with Crippen molar-refractivity contribution in [2.75, 3.05) is 6.54 Å². The highest BCUT2D eigenvalue weighted by molar-refractivity contribution is 4.78. The lowest BCUT2D eigenvalue weighted by Crippen LogP contribution is -2.40. The molecule has 10 heavy (non-hydrogen) atoms. The second-order valence-corrected chi connectivity index (χ2v) is 3.97. The predicted molar refractivity (Wildman–Crippen MR) is 45.2 cm³/mol. The molecule has 60 valence electrons. The van der Waals surface area contributed by atoms with Gasteiger partial charge in [-0.3, -0.25) is 0 Å². The fraction of sp³-hybridized carbons (Fsp3) is 1.00. The van der Waals surface area contributed by atoms with E-state index in [9.17, 15) is 0 Å². The average molecular weight is 141 g/mol. The molecule has 1 aliphatic rings. The van der Waals surface area contributed by atoms with Gasteiger partial charge in [0.05, 0.1) is 0 Å². The van der Waals surface area contributed by atoms with Crippen LogP contribution in [0.15, 0.2) is 0 Å². The van der Waals surface area contributed by atoms with Crippen molar-refractivity contribution in [1.82, 2.24) is 5.32 Å². The monoisotopic (exact) mass is 141 g/mol. The van der Waals surface area contributed by atoms with Crippen LogP contribution in [0, 0.1) is 0 Å². The molecule has 1 N–H and O–H groups in total. The molecule has 0 aromatic carbocycles. The first-order valence-electron chi connectivity index (χ1n) is 4.46. The number of hydrogen-bond donors (Lipinski definition) is 1. The van der Waals surface area contributed by atoms with E-state index in [4.69, 9.17) is 0 Å². The van der Waals surface area contributed by atoms with E-state index < -0.39 is 0 Å². The molecule has 0 aromatic rings. The van der Waals surface area contributed by atoms with Crippen molar-refractivity contribution in [3.05, 3.63) is 0 Å². The highest BCUT2D eigenvalue weighted by Crippen LogP contribution is 2.16. The first-order valence-corrected chi connectivity index (χ1v) is 4.46. The topological polar surface area (TPSA) is 12.0 Å². The van der Waals surface area contributed by atoms with Crippen LogP contribution < -0.4 is 5.32 Å². The van der Waals surface area contributed by atoms with E-state index in [-0.39, 0.29) is 0 Å². The van der Waals surface area contributed by atoms with Crippen LogP contribution >= 0.6 is 0 Å². The Morgan fingerprint density at radius 2 is 1.70 bits per heavy atom. The van der Waals surface area contributed by atoms with Gasteiger partial charge in [-0.05, 0) is 33.2 Å². The molecule has 1 aliphatic heterocycles. The van der Waals surface area contributed by atoms with Crippen LogP contribution in [0.4, 0.5) is 0 Å². The molecule has 1 saturated heterocycles. The van der Waals surface area contributed by atoms with Gasteiger partial charge in [0, 0.05) is 5.54 Å². The van der Waals surface area contributed by atoms with E-state index in [1.807, 2.05) is 0 Å². The molecule has 0 saturated carbocycles. The van der Waals surface area contributed by atoms with Gasteiger partial charge in [-0.1, -0.05) is 19.3 Å². The smallest absolute Gasteiger partial charge is 0.0125 e. The molecule has 0 atom stereocenters. The van der Waals surface area contributed by atoms with Gasteiger partial charge in [-0.25, -0.2) is 0 Å². The van der Waals surface area contributed by atoms with Gasteiger partial charge in [0.25, 0.3) is 0 Å². The summed E-state index contributed by atoms with van der Waals surface area (Å²) in [5.74, 6) is 0. The quantitative estimate of drug-likeness (QED) is 0.546. The molecule has 1 nitrogen and oxygen atoms in total. The summed E-state index contributed by atoms with van der Waals surface area (Å²) in [4.78, 5) is 0. The second kappa shape index (κ2) is 3.38. The molecule has 1 heterocycles. The Kier molecular flexibility index (Phi) is 2.72. The standard InChI is InChI=1S/C9H19N/c1-9(2)7-5-3-4-6-8-10-9/h10H,3-8H2,1-2H3. The summed E-state index contributed by atoms with van der Waals surface area (Å²) >= 11 is 0. The molecule has 0 amide bonds. The molecule has 0 bridgehead atoms. The first-order chi connectivity index (χ1) is 4.71. The van der Waals surface area contributed by atoms with Crippen LogP contribution in [0.5, 0.6) is 0 Å². The molecular formula is C9H19N. The van der Waals surface area contributed by atoms with Gasteiger partial charge in [0.15, 0.2) is 0 Å². The molecular weight excluding hydrogens is 122 g/mol. The average Bonchev–Trinajstić information content (AvgIpc) is 1.81. The lowest BCUT2D eigenvalue weighted by Gasteiger charge is -2.28. The van der Waals surface area contributed by atoms with Crippen molar-refractivity contribution in [3.63, 3.8) is 0 Å².